The van der Waals surface area contributed by atoms with E-state index in [-0.39, 0.29) is 6.54 Å². The fourth-order valence-electron chi connectivity index (χ4n) is 1.89. The van der Waals surface area contributed by atoms with Crippen LogP contribution >= 0.6 is 15.9 Å². The maximum absolute atomic E-state index is 12.3. The van der Waals surface area contributed by atoms with Gasteiger partial charge in [0.2, 0.25) is 10.0 Å². The normalized spacial score (nSPS) is 11.4. The molecule has 0 unspecified atom stereocenters. The molecular weight excluding hydrogens is 368 g/mol. The van der Waals surface area contributed by atoms with Crippen LogP contribution in [-0.2, 0) is 10.0 Å². The van der Waals surface area contributed by atoms with Gasteiger partial charge in [-0.15, -0.1) is 0 Å². The summed E-state index contributed by atoms with van der Waals surface area (Å²) in [7, 11) is -3.53. The van der Waals surface area contributed by atoms with Gasteiger partial charge in [-0.1, -0.05) is 15.9 Å². The summed E-state index contributed by atoms with van der Waals surface area (Å²) in [6.07, 6.45) is 4.73. The predicted molar refractivity (Wildman–Crippen MR) is 89.3 cm³/mol. The Balaban J connectivity index is 1.98. The largest absolute Gasteiger partial charge is 0.367 e. The second-order valence-electron chi connectivity index (χ2n) is 4.78. The van der Waals surface area contributed by atoms with Gasteiger partial charge in [-0.05, 0) is 37.1 Å². The van der Waals surface area contributed by atoms with Gasteiger partial charge in [0, 0.05) is 30.0 Å². The van der Waals surface area contributed by atoms with Crippen LogP contribution in [0.25, 0.3) is 0 Å². The highest BCUT2D eigenvalue weighted by Gasteiger charge is 2.17. The zero-order chi connectivity index (χ0) is 16.2. The third kappa shape index (κ3) is 4.25. The standard InChI is InChI=1S/C14H17BrN4O2S/c1-10-8-13(11(2)7-12(10)15)22(20,21)19-6-5-18-14-9-16-3-4-17-14/h3-4,7-9,19H,5-6H2,1-2H3,(H,17,18). The predicted octanol–water partition coefficient (Wildman–Crippen LogP) is 2.25. The molecule has 2 aromatic rings. The van der Waals surface area contributed by atoms with Crippen LogP contribution in [0.2, 0.25) is 0 Å². The molecule has 0 atom stereocenters. The lowest BCUT2D eigenvalue weighted by Crippen LogP contribution is -2.29. The Morgan fingerprint density at radius 1 is 1.14 bits per heavy atom. The van der Waals surface area contributed by atoms with Crippen molar-refractivity contribution in [2.45, 2.75) is 18.7 Å². The number of anilines is 1. The molecule has 0 saturated carbocycles. The average molecular weight is 385 g/mol. The summed E-state index contributed by atoms with van der Waals surface area (Å²) in [6, 6.07) is 3.47. The van der Waals surface area contributed by atoms with Crippen molar-refractivity contribution in [2.75, 3.05) is 18.4 Å². The number of nitrogens with zero attached hydrogens (tertiary/aromatic N) is 2. The summed E-state index contributed by atoms with van der Waals surface area (Å²) >= 11 is 3.40. The molecule has 0 bridgehead atoms. The number of nitrogens with one attached hydrogen (secondary N) is 2. The average Bonchev–Trinajstić information content (AvgIpc) is 2.48. The summed E-state index contributed by atoms with van der Waals surface area (Å²) in [5.41, 5.74) is 1.58. The third-order valence-electron chi connectivity index (χ3n) is 3.03. The van der Waals surface area contributed by atoms with Crippen molar-refractivity contribution in [3.63, 3.8) is 0 Å². The first kappa shape index (κ1) is 16.9. The second kappa shape index (κ2) is 7.17. The van der Waals surface area contributed by atoms with E-state index >= 15 is 0 Å². The molecule has 0 aliphatic carbocycles. The van der Waals surface area contributed by atoms with Crippen LogP contribution in [0.3, 0.4) is 0 Å². The van der Waals surface area contributed by atoms with Crippen molar-refractivity contribution in [3.8, 4) is 0 Å². The molecule has 1 aromatic carbocycles. The highest BCUT2D eigenvalue weighted by atomic mass is 79.9. The van der Waals surface area contributed by atoms with Crippen molar-refractivity contribution in [3.05, 3.63) is 46.3 Å². The minimum absolute atomic E-state index is 0.257. The summed E-state index contributed by atoms with van der Waals surface area (Å²) in [6.45, 7) is 4.31. The highest BCUT2D eigenvalue weighted by molar-refractivity contribution is 9.10. The van der Waals surface area contributed by atoms with Crippen molar-refractivity contribution >= 4 is 31.8 Å². The molecule has 2 rings (SSSR count). The zero-order valence-electron chi connectivity index (χ0n) is 12.3. The number of benzene rings is 1. The van der Waals surface area contributed by atoms with Gasteiger partial charge in [0.15, 0.2) is 0 Å². The molecule has 0 spiro atoms. The molecule has 0 radical (unpaired) electrons. The second-order valence-corrected chi connectivity index (χ2v) is 7.37. The molecule has 6 nitrogen and oxygen atoms in total. The van der Waals surface area contributed by atoms with Crippen LogP contribution in [0.5, 0.6) is 0 Å². The van der Waals surface area contributed by atoms with Gasteiger partial charge in [0.1, 0.15) is 5.82 Å². The summed E-state index contributed by atoms with van der Waals surface area (Å²) in [5, 5.41) is 3.00. The van der Waals surface area contributed by atoms with Gasteiger partial charge in [0.05, 0.1) is 11.1 Å². The van der Waals surface area contributed by atoms with Crippen LogP contribution in [0.4, 0.5) is 5.82 Å². The summed E-state index contributed by atoms with van der Waals surface area (Å²) in [4.78, 5) is 8.27. The van der Waals surface area contributed by atoms with Crippen molar-refractivity contribution in [1.82, 2.24) is 14.7 Å². The SMILES string of the molecule is Cc1cc(S(=O)(=O)NCCNc2cnccn2)c(C)cc1Br. The molecule has 0 amide bonds. The molecule has 0 saturated heterocycles. The molecule has 8 heteroatoms. The number of sulfonamides is 1. The molecule has 2 N–H and O–H groups in total. The van der Waals surface area contributed by atoms with E-state index in [0.29, 0.717) is 22.8 Å². The van der Waals surface area contributed by atoms with Gasteiger partial charge in [-0.2, -0.15) is 0 Å². The number of rotatable bonds is 6. The van der Waals surface area contributed by atoms with E-state index in [1.807, 2.05) is 13.0 Å². The van der Waals surface area contributed by atoms with E-state index < -0.39 is 10.0 Å². The van der Waals surface area contributed by atoms with E-state index in [0.717, 1.165) is 10.0 Å². The number of hydrogen-bond acceptors (Lipinski definition) is 5. The van der Waals surface area contributed by atoms with Crippen molar-refractivity contribution in [2.24, 2.45) is 0 Å². The Kier molecular flexibility index (Phi) is 5.49. The van der Waals surface area contributed by atoms with Crippen LogP contribution in [-0.4, -0.2) is 31.5 Å². The molecule has 22 heavy (non-hydrogen) atoms. The topological polar surface area (TPSA) is 84.0 Å². The number of hydrogen-bond donors (Lipinski definition) is 2. The highest BCUT2D eigenvalue weighted by Crippen LogP contribution is 2.24. The first-order valence-electron chi connectivity index (χ1n) is 6.66. The Bertz CT molecular complexity index is 751. The lowest BCUT2D eigenvalue weighted by molar-refractivity contribution is 0.582. The van der Waals surface area contributed by atoms with Gasteiger partial charge in [-0.3, -0.25) is 4.98 Å². The molecule has 118 valence electrons. The van der Waals surface area contributed by atoms with E-state index in [9.17, 15) is 8.42 Å². The molecule has 0 aliphatic rings. The third-order valence-corrected chi connectivity index (χ3v) is 5.49. The van der Waals surface area contributed by atoms with Gasteiger partial charge in [0.25, 0.3) is 0 Å². The molecular formula is C14H17BrN4O2S. The van der Waals surface area contributed by atoms with E-state index in [4.69, 9.17) is 0 Å². The summed E-state index contributed by atoms with van der Waals surface area (Å²) in [5.74, 6) is 0.609. The van der Waals surface area contributed by atoms with Gasteiger partial charge in [-0.25, -0.2) is 18.1 Å². The smallest absolute Gasteiger partial charge is 0.240 e. The molecule has 1 aromatic heterocycles. The first-order chi connectivity index (χ1) is 10.4. The van der Waals surface area contributed by atoms with Gasteiger partial charge >= 0.3 is 0 Å². The van der Waals surface area contributed by atoms with Crippen LogP contribution < -0.4 is 10.0 Å². The van der Waals surface area contributed by atoms with E-state index in [1.54, 1.807) is 31.6 Å². The minimum atomic E-state index is -3.53. The van der Waals surface area contributed by atoms with E-state index in [1.165, 1.54) is 0 Å². The van der Waals surface area contributed by atoms with E-state index in [2.05, 4.69) is 35.9 Å². The summed E-state index contributed by atoms with van der Waals surface area (Å²) < 4.78 is 28.2. The number of aromatic nitrogens is 2. The van der Waals surface area contributed by atoms with Gasteiger partial charge < -0.3 is 5.32 Å². The lowest BCUT2D eigenvalue weighted by Gasteiger charge is -2.11. The van der Waals surface area contributed by atoms with Crippen LogP contribution in [0.1, 0.15) is 11.1 Å². The maximum Gasteiger partial charge on any atom is 0.240 e. The monoisotopic (exact) mass is 384 g/mol. The Hall–Kier alpha value is -1.51. The Morgan fingerprint density at radius 2 is 1.91 bits per heavy atom. The quantitative estimate of drug-likeness (QED) is 0.746. The molecule has 0 aliphatic heterocycles. The maximum atomic E-state index is 12.3. The van der Waals surface area contributed by atoms with Crippen LogP contribution in [0, 0.1) is 13.8 Å². The number of halogens is 1. The zero-order valence-corrected chi connectivity index (χ0v) is 14.7. The fraction of sp³-hybridized carbons (Fsp3) is 0.286. The van der Waals surface area contributed by atoms with Crippen molar-refractivity contribution < 1.29 is 8.42 Å². The minimum Gasteiger partial charge on any atom is -0.367 e. The van der Waals surface area contributed by atoms with Crippen LogP contribution in [0.15, 0.2) is 40.1 Å². The molecule has 1 heterocycles. The Morgan fingerprint density at radius 3 is 2.59 bits per heavy atom. The first-order valence-corrected chi connectivity index (χ1v) is 8.94. The Labute approximate surface area is 138 Å². The lowest BCUT2D eigenvalue weighted by atomic mass is 10.2. The number of aryl methyl sites for hydroxylation is 2. The molecule has 0 fully saturated rings. The fourth-order valence-corrected chi connectivity index (χ4v) is 3.69. The van der Waals surface area contributed by atoms with Crippen molar-refractivity contribution in [1.29, 1.82) is 0 Å².